The summed E-state index contributed by atoms with van der Waals surface area (Å²) >= 11 is 1.44. The van der Waals surface area contributed by atoms with Gasteiger partial charge in [-0.3, -0.25) is 10.1 Å². The standard InChI is InChI=1S/C13H13N3O4S/c1-7-6-21-12(14-7)8(2)15-10-5-3-4-9(13(17)18)11(10)16(19)20/h3-6,8,15H,1-2H3,(H,17,18). The summed E-state index contributed by atoms with van der Waals surface area (Å²) < 4.78 is 0. The van der Waals surface area contributed by atoms with Crippen LogP contribution in [-0.2, 0) is 0 Å². The number of carbonyl (C=O) groups is 1. The Balaban J connectivity index is 2.37. The maximum Gasteiger partial charge on any atom is 0.342 e. The summed E-state index contributed by atoms with van der Waals surface area (Å²) in [4.78, 5) is 25.9. The highest BCUT2D eigenvalue weighted by molar-refractivity contribution is 7.09. The lowest BCUT2D eigenvalue weighted by Crippen LogP contribution is -2.11. The summed E-state index contributed by atoms with van der Waals surface area (Å²) in [6.07, 6.45) is 0. The van der Waals surface area contributed by atoms with Crippen molar-refractivity contribution in [2.45, 2.75) is 19.9 Å². The van der Waals surface area contributed by atoms with Crippen molar-refractivity contribution >= 4 is 28.7 Å². The number of benzene rings is 1. The molecule has 0 amide bonds. The second-order valence-electron chi connectivity index (χ2n) is 4.46. The topological polar surface area (TPSA) is 105 Å². The maximum atomic E-state index is 11.2. The molecule has 1 aromatic heterocycles. The molecule has 0 saturated heterocycles. The summed E-state index contributed by atoms with van der Waals surface area (Å²) in [5, 5.41) is 25.8. The molecule has 2 rings (SSSR count). The first-order chi connectivity index (χ1) is 9.90. The number of anilines is 1. The van der Waals surface area contributed by atoms with Crippen molar-refractivity contribution in [1.29, 1.82) is 0 Å². The third-order valence-corrected chi connectivity index (χ3v) is 3.97. The number of nitrogens with zero attached hydrogens (tertiary/aromatic N) is 2. The number of aromatic carboxylic acids is 1. The van der Waals surface area contributed by atoms with Crippen LogP contribution in [0.25, 0.3) is 0 Å². The number of para-hydroxylation sites is 1. The number of carboxylic acids is 1. The van der Waals surface area contributed by atoms with Crippen LogP contribution in [0.4, 0.5) is 11.4 Å². The average Bonchev–Trinajstić information content (AvgIpc) is 2.84. The van der Waals surface area contributed by atoms with E-state index in [0.717, 1.165) is 10.7 Å². The van der Waals surface area contributed by atoms with Crippen LogP contribution in [0.3, 0.4) is 0 Å². The zero-order valence-electron chi connectivity index (χ0n) is 11.4. The number of thiazole rings is 1. The van der Waals surface area contributed by atoms with Gasteiger partial charge in [-0.1, -0.05) is 6.07 Å². The van der Waals surface area contributed by atoms with Crippen molar-refractivity contribution in [2.24, 2.45) is 0 Å². The third-order valence-electron chi connectivity index (χ3n) is 2.83. The van der Waals surface area contributed by atoms with Gasteiger partial charge in [-0.25, -0.2) is 9.78 Å². The Morgan fingerprint density at radius 2 is 2.24 bits per heavy atom. The molecular formula is C13H13N3O4S. The first-order valence-corrected chi connectivity index (χ1v) is 6.97. The molecule has 2 N–H and O–H groups in total. The van der Waals surface area contributed by atoms with Crippen molar-refractivity contribution in [2.75, 3.05) is 5.32 Å². The normalized spacial score (nSPS) is 11.9. The van der Waals surface area contributed by atoms with Gasteiger partial charge in [0.2, 0.25) is 0 Å². The van der Waals surface area contributed by atoms with Crippen LogP contribution in [0.2, 0.25) is 0 Å². The van der Waals surface area contributed by atoms with E-state index in [-0.39, 0.29) is 17.3 Å². The van der Waals surface area contributed by atoms with Gasteiger partial charge < -0.3 is 10.4 Å². The molecule has 0 saturated carbocycles. The fourth-order valence-electron chi connectivity index (χ4n) is 1.90. The molecule has 1 aromatic carbocycles. The second-order valence-corrected chi connectivity index (χ2v) is 5.35. The first-order valence-electron chi connectivity index (χ1n) is 6.09. The number of nitro benzene ring substituents is 1. The SMILES string of the molecule is Cc1csc(C(C)Nc2cccc(C(=O)O)c2[N+](=O)[O-])n1. The summed E-state index contributed by atoms with van der Waals surface area (Å²) in [6, 6.07) is 3.91. The molecule has 2 aromatic rings. The Morgan fingerprint density at radius 3 is 2.76 bits per heavy atom. The van der Waals surface area contributed by atoms with E-state index in [1.165, 1.54) is 29.5 Å². The fourth-order valence-corrected chi connectivity index (χ4v) is 2.70. The molecule has 1 heterocycles. The molecular weight excluding hydrogens is 294 g/mol. The lowest BCUT2D eigenvalue weighted by atomic mass is 10.1. The Kier molecular flexibility index (Phi) is 4.18. The molecule has 110 valence electrons. The molecule has 0 fully saturated rings. The molecule has 21 heavy (non-hydrogen) atoms. The highest BCUT2D eigenvalue weighted by atomic mass is 32.1. The van der Waals surface area contributed by atoms with Gasteiger partial charge in [0.05, 0.1) is 11.0 Å². The van der Waals surface area contributed by atoms with E-state index < -0.39 is 16.6 Å². The summed E-state index contributed by atoms with van der Waals surface area (Å²) in [6.45, 7) is 3.68. The minimum absolute atomic E-state index is 0.167. The van der Waals surface area contributed by atoms with Crippen molar-refractivity contribution in [1.82, 2.24) is 4.98 Å². The number of carboxylic acid groups (broad SMARTS) is 1. The Bertz CT molecular complexity index is 698. The minimum Gasteiger partial charge on any atom is -0.477 e. The molecule has 0 aliphatic rings. The molecule has 1 atom stereocenters. The minimum atomic E-state index is -1.33. The number of hydrogen-bond acceptors (Lipinski definition) is 6. The quantitative estimate of drug-likeness (QED) is 0.649. The molecule has 0 spiro atoms. The zero-order chi connectivity index (χ0) is 15.6. The van der Waals surface area contributed by atoms with Crippen LogP contribution in [-0.4, -0.2) is 21.0 Å². The van der Waals surface area contributed by atoms with Gasteiger partial charge in [0.1, 0.15) is 16.3 Å². The number of aryl methyl sites for hydroxylation is 1. The van der Waals surface area contributed by atoms with Gasteiger partial charge in [-0.15, -0.1) is 11.3 Å². The van der Waals surface area contributed by atoms with E-state index in [0.29, 0.717) is 0 Å². The maximum absolute atomic E-state index is 11.2. The number of nitrogens with one attached hydrogen (secondary N) is 1. The fraction of sp³-hybridized carbons (Fsp3) is 0.231. The van der Waals surface area contributed by atoms with E-state index in [2.05, 4.69) is 10.3 Å². The summed E-state index contributed by atoms with van der Waals surface area (Å²) in [7, 11) is 0. The van der Waals surface area contributed by atoms with Gasteiger partial charge in [-0.05, 0) is 26.0 Å². The second kappa shape index (κ2) is 5.88. The van der Waals surface area contributed by atoms with Crippen LogP contribution in [0.15, 0.2) is 23.6 Å². The molecule has 7 nitrogen and oxygen atoms in total. The van der Waals surface area contributed by atoms with Gasteiger partial charge >= 0.3 is 11.7 Å². The monoisotopic (exact) mass is 307 g/mol. The van der Waals surface area contributed by atoms with Gasteiger partial charge in [-0.2, -0.15) is 0 Å². The highest BCUT2D eigenvalue weighted by Crippen LogP contribution is 2.32. The van der Waals surface area contributed by atoms with Crippen molar-refractivity contribution in [3.63, 3.8) is 0 Å². The van der Waals surface area contributed by atoms with Crippen LogP contribution < -0.4 is 5.32 Å². The number of hydrogen-bond donors (Lipinski definition) is 2. The molecule has 1 unspecified atom stereocenters. The lowest BCUT2D eigenvalue weighted by Gasteiger charge is -2.13. The third kappa shape index (κ3) is 3.16. The Morgan fingerprint density at radius 1 is 1.52 bits per heavy atom. The zero-order valence-corrected chi connectivity index (χ0v) is 12.2. The molecule has 0 bridgehead atoms. The molecule has 8 heteroatoms. The smallest absolute Gasteiger partial charge is 0.342 e. The van der Waals surface area contributed by atoms with E-state index in [1.54, 1.807) is 0 Å². The van der Waals surface area contributed by atoms with Crippen LogP contribution in [0.1, 0.15) is 34.0 Å². The first kappa shape index (κ1) is 14.9. The van der Waals surface area contributed by atoms with Crippen LogP contribution in [0.5, 0.6) is 0 Å². The summed E-state index contributed by atoms with van der Waals surface area (Å²) in [5.74, 6) is -1.33. The van der Waals surface area contributed by atoms with Gasteiger partial charge in [0, 0.05) is 11.1 Å². The van der Waals surface area contributed by atoms with E-state index >= 15 is 0 Å². The predicted molar refractivity (Wildman–Crippen MR) is 78.9 cm³/mol. The van der Waals surface area contributed by atoms with Crippen LogP contribution >= 0.6 is 11.3 Å². The van der Waals surface area contributed by atoms with Crippen molar-refractivity contribution in [3.05, 3.63) is 50.0 Å². The van der Waals surface area contributed by atoms with Gasteiger partial charge in [0.25, 0.3) is 0 Å². The number of aromatic nitrogens is 1. The van der Waals surface area contributed by atoms with Crippen LogP contribution in [0, 0.1) is 17.0 Å². The van der Waals surface area contributed by atoms with E-state index in [1.807, 2.05) is 19.2 Å². The lowest BCUT2D eigenvalue weighted by molar-refractivity contribution is -0.384. The predicted octanol–water partition coefficient (Wildman–Crippen LogP) is 3.23. The van der Waals surface area contributed by atoms with E-state index in [4.69, 9.17) is 5.11 Å². The average molecular weight is 307 g/mol. The molecule has 0 aliphatic heterocycles. The largest absolute Gasteiger partial charge is 0.477 e. The van der Waals surface area contributed by atoms with Crippen molar-refractivity contribution < 1.29 is 14.8 Å². The summed E-state index contributed by atoms with van der Waals surface area (Å²) in [5.41, 5.74) is 0.260. The van der Waals surface area contributed by atoms with Crippen molar-refractivity contribution in [3.8, 4) is 0 Å². The highest BCUT2D eigenvalue weighted by Gasteiger charge is 2.25. The Labute approximate surface area is 124 Å². The van der Waals surface area contributed by atoms with Gasteiger partial charge in [0.15, 0.2) is 0 Å². The molecule has 0 radical (unpaired) electrons. The Hall–Kier alpha value is -2.48. The molecule has 0 aliphatic carbocycles. The van der Waals surface area contributed by atoms with E-state index in [9.17, 15) is 14.9 Å². The number of rotatable bonds is 5. The number of nitro groups is 1.